The van der Waals surface area contributed by atoms with Crippen molar-refractivity contribution < 1.29 is 14.7 Å². The Bertz CT molecular complexity index is 408. The summed E-state index contributed by atoms with van der Waals surface area (Å²) in [5.74, 6) is -0.783. The fourth-order valence-electron chi connectivity index (χ4n) is 3.31. The van der Waals surface area contributed by atoms with E-state index in [-0.39, 0.29) is 12.6 Å². The Morgan fingerprint density at radius 3 is 2.70 bits per heavy atom. The maximum atomic E-state index is 12.2. The van der Waals surface area contributed by atoms with Crippen LogP contribution in [-0.2, 0) is 4.79 Å². The predicted octanol–water partition coefficient (Wildman–Crippen LogP) is 0.731. The van der Waals surface area contributed by atoms with Crippen LogP contribution >= 0.6 is 0 Å². The number of hydrogen-bond donors (Lipinski definition) is 2. The van der Waals surface area contributed by atoms with Crippen molar-refractivity contribution in [1.82, 2.24) is 15.1 Å². The first-order chi connectivity index (χ1) is 9.61. The van der Waals surface area contributed by atoms with E-state index in [4.69, 9.17) is 5.11 Å². The van der Waals surface area contributed by atoms with Gasteiger partial charge in [-0.05, 0) is 32.2 Å². The van der Waals surface area contributed by atoms with Crippen LogP contribution in [0, 0.1) is 5.41 Å². The molecule has 3 rings (SSSR count). The Hall–Kier alpha value is -1.30. The zero-order chi connectivity index (χ0) is 14.2. The second-order valence-electron chi connectivity index (χ2n) is 6.38. The number of carboxylic acid groups (broad SMARTS) is 1. The van der Waals surface area contributed by atoms with Crippen molar-refractivity contribution >= 4 is 12.0 Å². The molecule has 1 saturated carbocycles. The fourth-order valence-corrected chi connectivity index (χ4v) is 3.31. The van der Waals surface area contributed by atoms with E-state index in [2.05, 4.69) is 10.2 Å². The highest BCUT2D eigenvalue weighted by atomic mass is 16.4. The van der Waals surface area contributed by atoms with Gasteiger partial charge < -0.3 is 15.3 Å². The third-order valence-corrected chi connectivity index (χ3v) is 5.01. The van der Waals surface area contributed by atoms with Crippen molar-refractivity contribution in [3.05, 3.63) is 0 Å². The van der Waals surface area contributed by atoms with Crippen molar-refractivity contribution in [2.75, 3.05) is 32.7 Å². The molecule has 2 amide bonds. The minimum absolute atomic E-state index is 0.0947. The normalized spacial score (nSPS) is 28.6. The number of carbonyl (C=O) groups is 2. The summed E-state index contributed by atoms with van der Waals surface area (Å²) in [5.41, 5.74) is -0.678. The Morgan fingerprint density at radius 1 is 1.20 bits per heavy atom. The lowest BCUT2D eigenvalue weighted by molar-refractivity contribution is -0.143. The molecule has 2 N–H and O–H groups in total. The van der Waals surface area contributed by atoms with Crippen molar-refractivity contribution in [3.8, 4) is 0 Å². The van der Waals surface area contributed by atoms with Crippen LogP contribution < -0.4 is 5.32 Å². The lowest BCUT2D eigenvalue weighted by Gasteiger charge is -2.44. The molecule has 6 nitrogen and oxygen atoms in total. The third kappa shape index (κ3) is 2.61. The highest BCUT2D eigenvalue weighted by Crippen LogP contribution is 2.45. The van der Waals surface area contributed by atoms with Gasteiger partial charge in [-0.25, -0.2) is 4.79 Å². The molecule has 0 aromatic rings. The van der Waals surface area contributed by atoms with Crippen LogP contribution in [0.2, 0.25) is 0 Å². The van der Waals surface area contributed by atoms with E-state index in [0.717, 1.165) is 26.2 Å². The minimum atomic E-state index is -0.783. The van der Waals surface area contributed by atoms with Crippen molar-refractivity contribution in [3.63, 3.8) is 0 Å². The second-order valence-corrected chi connectivity index (χ2v) is 6.38. The molecule has 1 atom stereocenters. The number of urea groups is 1. The maximum Gasteiger partial charge on any atom is 0.317 e. The van der Waals surface area contributed by atoms with Crippen LogP contribution in [0.4, 0.5) is 4.79 Å². The number of carboxylic acids is 1. The van der Waals surface area contributed by atoms with Gasteiger partial charge in [-0.15, -0.1) is 0 Å². The van der Waals surface area contributed by atoms with E-state index in [0.29, 0.717) is 18.9 Å². The second kappa shape index (κ2) is 5.24. The smallest absolute Gasteiger partial charge is 0.317 e. The largest absolute Gasteiger partial charge is 0.481 e. The summed E-state index contributed by atoms with van der Waals surface area (Å²) >= 11 is 0. The Labute approximate surface area is 119 Å². The number of piperidine rings is 1. The lowest BCUT2D eigenvalue weighted by atomic mass is 10.00. The molecule has 112 valence electrons. The van der Waals surface area contributed by atoms with Crippen LogP contribution in [0.25, 0.3) is 0 Å². The topological polar surface area (TPSA) is 72.9 Å². The van der Waals surface area contributed by atoms with Crippen molar-refractivity contribution in [2.45, 2.75) is 38.1 Å². The number of piperazine rings is 1. The van der Waals surface area contributed by atoms with Crippen molar-refractivity contribution in [2.24, 2.45) is 5.41 Å². The molecule has 0 aromatic carbocycles. The number of nitrogens with zero attached hydrogens (tertiary/aromatic N) is 2. The van der Waals surface area contributed by atoms with Gasteiger partial charge in [0.1, 0.15) is 0 Å². The standard InChI is InChI=1S/C14H23N3O3/c18-12(19)14(4-5-14)10-15-13(20)17-8-7-16-6-2-1-3-11(16)9-17/h11H,1-10H2,(H,15,20)(H,18,19). The number of nitrogens with one attached hydrogen (secondary N) is 1. The van der Waals surface area contributed by atoms with E-state index in [1.165, 1.54) is 19.3 Å². The minimum Gasteiger partial charge on any atom is -0.481 e. The molecule has 1 aliphatic carbocycles. The molecule has 2 heterocycles. The first kappa shape index (κ1) is 13.7. The first-order valence-electron chi connectivity index (χ1n) is 7.61. The Kier molecular flexibility index (Phi) is 3.58. The predicted molar refractivity (Wildman–Crippen MR) is 73.5 cm³/mol. The molecule has 3 aliphatic rings. The van der Waals surface area contributed by atoms with E-state index in [1.807, 2.05) is 4.90 Å². The van der Waals surface area contributed by atoms with Gasteiger partial charge in [-0.1, -0.05) is 6.42 Å². The zero-order valence-electron chi connectivity index (χ0n) is 11.8. The average molecular weight is 281 g/mol. The van der Waals surface area contributed by atoms with Gasteiger partial charge in [-0.2, -0.15) is 0 Å². The molecular weight excluding hydrogens is 258 g/mol. The van der Waals surface area contributed by atoms with Gasteiger partial charge in [-0.3, -0.25) is 9.69 Å². The number of carbonyl (C=O) groups excluding carboxylic acids is 1. The Morgan fingerprint density at radius 2 is 2.00 bits per heavy atom. The van der Waals surface area contributed by atoms with Crippen molar-refractivity contribution in [1.29, 1.82) is 0 Å². The van der Waals surface area contributed by atoms with Crippen LogP contribution in [0.15, 0.2) is 0 Å². The van der Waals surface area contributed by atoms with Gasteiger partial charge in [0.25, 0.3) is 0 Å². The summed E-state index contributed by atoms with van der Waals surface area (Å²) in [6.07, 6.45) is 5.05. The summed E-state index contributed by atoms with van der Waals surface area (Å²) in [6, 6.07) is 0.403. The number of fused-ring (bicyclic) bond motifs is 1. The summed E-state index contributed by atoms with van der Waals surface area (Å²) < 4.78 is 0. The molecule has 0 spiro atoms. The average Bonchev–Trinajstić information content (AvgIpc) is 3.25. The summed E-state index contributed by atoms with van der Waals surface area (Å²) in [6.45, 7) is 3.91. The lowest BCUT2D eigenvalue weighted by Crippen LogP contribution is -2.58. The highest BCUT2D eigenvalue weighted by Gasteiger charge is 2.50. The third-order valence-electron chi connectivity index (χ3n) is 5.01. The monoisotopic (exact) mass is 281 g/mol. The molecule has 1 unspecified atom stereocenters. The highest BCUT2D eigenvalue weighted by molar-refractivity contribution is 5.80. The van der Waals surface area contributed by atoms with Crippen LogP contribution in [0.3, 0.4) is 0 Å². The molecule has 3 fully saturated rings. The summed E-state index contributed by atoms with van der Waals surface area (Å²) in [7, 11) is 0. The number of aliphatic carboxylic acids is 1. The molecule has 20 heavy (non-hydrogen) atoms. The maximum absolute atomic E-state index is 12.2. The van der Waals surface area contributed by atoms with Crippen LogP contribution in [0.1, 0.15) is 32.1 Å². The molecule has 0 radical (unpaired) electrons. The molecule has 2 aliphatic heterocycles. The SMILES string of the molecule is O=C(NCC1(C(=O)O)CC1)N1CCN2CCCCC2C1. The number of amides is 2. The molecule has 0 aromatic heterocycles. The van der Waals surface area contributed by atoms with E-state index in [9.17, 15) is 9.59 Å². The van der Waals surface area contributed by atoms with Gasteiger partial charge >= 0.3 is 12.0 Å². The summed E-state index contributed by atoms with van der Waals surface area (Å²) in [5, 5.41) is 11.9. The number of rotatable bonds is 3. The van der Waals surface area contributed by atoms with Gasteiger partial charge in [0, 0.05) is 32.2 Å². The van der Waals surface area contributed by atoms with Crippen LogP contribution in [-0.4, -0.2) is 65.7 Å². The number of hydrogen-bond acceptors (Lipinski definition) is 3. The van der Waals surface area contributed by atoms with E-state index < -0.39 is 11.4 Å². The molecular formula is C14H23N3O3. The molecule has 0 bridgehead atoms. The van der Waals surface area contributed by atoms with E-state index in [1.54, 1.807) is 0 Å². The fraction of sp³-hybridized carbons (Fsp3) is 0.857. The summed E-state index contributed by atoms with van der Waals surface area (Å²) in [4.78, 5) is 27.6. The van der Waals surface area contributed by atoms with Gasteiger partial charge in [0.05, 0.1) is 5.41 Å². The van der Waals surface area contributed by atoms with Gasteiger partial charge in [0.15, 0.2) is 0 Å². The van der Waals surface area contributed by atoms with Gasteiger partial charge in [0.2, 0.25) is 0 Å². The quantitative estimate of drug-likeness (QED) is 0.800. The molecule has 2 saturated heterocycles. The Balaban J connectivity index is 1.49. The molecule has 6 heteroatoms. The first-order valence-corrected chi connectivity index (χ1v) is 7.61. The van der Waals surface area contributed by atoms with E-state index >= 15 is 0 Å². The zero-order valence-corrected chi connectivity index (χ0v) is 11.8. The van der Waals surface area contributed by atoms with Crippen LogP contribution in [0.5, 0.6) is 0 Å².